The van der Waals surface area contributed by atoms with E-state index in [2.05, 4.69) is 25.3 Å². The van der Waals surface area contributed by atoms with Crippen molar-refractivity contribution >= 4 is 16.9 Å². The van der Waals surface area contributed by atoms with Crippen molar-refractivity contribution in [2.75, 3.05) is 12.4 Å². The van der Waals surface area contributed by atoms with Gasteiger partial charge in [-0.2, -0.15) is 0 Å². The summed E-state index contributed by atoms with van der Waals surface area (Å²) in [5.41, 5.74) is 3.62. The van der Waals surface area contributed by atoms with E-state index in [0.717, 1.165) is 16.6 Å². The van der Waals surface area contributed by atoms with Crippen molar-refractivity contribution in [1.29, 1.82) is 0 Å². The Balaban J connectivity index is 1.62. The minimum Gasteiger partial charge on any atom is -0.497 e. The van der Waals surface area contributed by atoms with Crippen LogP contribution in [0.1, 0.15) is 17.0 Å². The van der Waals surface area contributed by atoms with Gasteiger partial charge in [0.05, 0.1) is 30.5 Å². The molecule has 7 nitrogen and oxygen atoms in total. The zero-order valence-corrected chi connectivity index (χ0v) is 15.6. The lowest BCUT2D eigenvalue weighted by Gasteiger charge is -2.10. The molecular formula is C20H19FN6O. The van der Waals surface area contributed by atoms with Gasteiger partial charge in [-0.15, -0.1) is 0 Å². The predicted octanol–water partition coefficient (Wildman–Crippen LogP) is 3.61. The molecule has 0 atom stereocenters. The van der Waals surface area contributed by atoms with Crippen molar-refractivity contribution in [2.24, 2.45) is 0 Å². The van der Waals surface area contributed by atoms with Gasteiger partial charge in [0.25, 0.3) is 0 Å². The molecule has 0 saturated heterocycles. The highest BCUT2D eigenvalue weighted by atomic mass is 19.1. The Morgan fingerprint density at radius 3 is 2.75 bits per heavy atom. The number of anilines is 1. The fraction of sp³-hybridized carbons (Fsp3) is 0.200. The second kappa shape index (κ2) is 7.59. The number of pyridine rings is 1. The van der Waals surface area contributed by atoms with Gasteiger partial charge in [-0.3, -0.25) is 9.55 Å². The number of nitrogens with one attached hydrogen (secondary N) is 1. The largest absolute Gasteiger partial charge is 0.497 e. The third-order valence-electron chi connectivity index (χ3n) is 4.51. The topological polar surface area (TPSA) is 77.8 Å². The van der Waals surface area contributed by atoms with Gasteiger partial charge in [0.2, 0.25) is 0 Å². The van der Waals surface area contributed by atoms with Crippen LogP contribution in [-0.4, -0.2) is 31.6 Å². The first-order chi connectivity index (χ1) is 13.7. The zero-order chi connectivity index (χ0) is 19.5. The molecule has 0 bridgehead atoms. The number of methoxy groups -OCH3 is 1. The van der Waals surface area contributed by atoms with E-state index in [-0.39, 0.29) is 5.82 Å². The number of rotatable bonds is 6. The predicted molar refractivity (Wildman–Crippen MR) is 104 cm³/mol. The molecule has 3 heterocycles. The summed E-state index contributed by atoms with van der Waals surface area (Å²) in [6, 6.07) is 7.36. The van der Waals surface area contributed by atoms with E-state index in [0.29, 0.717) is 29.4 Å². The molecule has 0 aliphatic rings. The van der Waals surface area contributed by atoms with Crippen molar-refractivity contribution < 1.29 is 9.13 Å². The number of imidazole rings is 1. The third-order valence-corrected chi connectivity index (χ3v) is 4.51. The first-order valence-electron chi connectivity index (χ1n) is 8.76. The maximum atomic E-state index is 13.5. The Kier molecular flexibility index (Phi) is 4.84. The average molecular weight is 378 g/mol. The molecule has 0 amide bonds. The van der Waals surface area contributed by atoms with E-state index in [1.165, 1.54) is 0 Å². The first-order valence-corrected chi connectivity index (χ1v) is 8.76. The molecule has 8 heteroatoms. The van der Waals surface area contributed by atoms with Gasteiger partial charge < -0.3 is 10.1 Å². The summed E-state index contributed by atoms with van der Waals surface area (Å²) in [6.45, 7) is 1.92. The van der Waals surface area contributed by atoms with Crippen LogP contribution in [0.5, 0.6) is 5.75 Å². The summed E-state index contributed by atoms with van der Waals surface area (Å²) in [5.74, 6) is 2.06. The molecule has 3 aromatic heterocycles. The Morgan fingerprint density at radius 2 is 2.04 bits per heavy atom. The molecule has 28 heavy (non-hydrogen) atoms. The number of fused-ring (bicyclic) bond motifs is 1. The van der Waals surface area contributed by atoms with Crippen molar-refractivity contribution in [3.05, 3.63) is 66.0 Å². The van der Waals surface area contributed by atoms with Gasteiger partial charge in [0.1, 0.15) is 24.1 Å². The lowest BCUT2D eigenvalue weighted by atomic mass is 10.1. The van der Waals surface area contributed by atoms with Crippen LogP contribution in [-0.2, 0) is 13.2 Å². The van der Waals surface area contributed by atoms with Gasteiger partial charge >= 0.3 is 0 Å². The number of aromatic nitrogens is 5. The van der Waals surface area contributed by atoms with Crippen LogP contribution in [0, 0.1) is 6.92 Å². The Morgan fingerprint density at radius 1 is 1.14 bits per heavy atom. The molecule has 1 aromatic carbocycles. The summed E-state index contributed by atoms with van der Waals surface area (Å²) in [6.07, 6.45) is 6.81. The normalized spacial score (nSPS) is 11.0. The average Bonchev–Trinajstić information content (AvgIpc) is 3.11. The van der Waals surface area contributed by atoms with Gasteiger partial charge in [-0.25, -0.2) is 19.3 Å². The molecule has 0 radical (unpaired) electrons. The molecule has 1 N–H and O–H groups in total. The molecule has 4 rings (SSSR count). The highest BCUT2D eigenvalue weighted by molar-refractivity contribution is 5.79. The summed E-state index contributed by atoms with van der Waals surface area (Å²) in [4.78, 5) is 17.3. The van der Waals surface area contributed by atoms with Gasteiger partial charge in [-0.05, 0) is 36.2 Å². The molecular weight excluding hydrogens is 359 g/mol. The summed E-state index contributed by atoms with van der Waals surface area (Å²) in [5, 5.41) is 3.24. The molecule has 0 aliphatic heterocycles. The molecule has 0 spiro atoms. The second-order valence-corrected chi connectivity index (χ2v) is 6.27. The van der Waals surface area contributed by atoms with Crippen LogP contribution >= 0.6 is 0 Å². The van der Waals surface area contributed by atoms with Gasteiger partial charge in [0.15, 0.2) is 5.82 Å². The monoisotopic (exact) mass is 378 g/mol. The Labute approximate surface area is 161 Å². The first kappa shape index (κ1) is 17.8. The maximum Gasteiger partial charge on any atom is 0.157 e. The lowest BCUT2D eigenvalue weighted by Crippen LogP contribution is -2.06. The molecule has 0 aliphatic carbocycles. The summed E-state index contributed by atoms with van der Waals surface area (Å²) in [7, 11) is 1.59. The van der Waals surface area contributed by atoms with E-state index < -0.39 is 6.67 Å². The van der Waals surface area contributed by atoms with Gasteiger partial charge in [0, 0.05) is 25.0 Å². The highest BCUT2D eigenvalue weighted by Gasteiger charge is 2.14. The van der Waals surface area contributed by atoms with Crippen LogP contribution in [0.25, 0.3) is 16.9 Å². The van der Waals surface area contributed by atoms with Crippen molar-refractivity contribution in [1.82, 2.24) is 24.5 Å². The summed E-state index contributed by atoms with van der Waals surface area (Å²) < 4.78 is 20.5. The number of hydrogen-bond acceptors (Lipinski definition) is 6. The lowest BCUT2D eigenvalue weighted by molar-refractivity contribution is 0.415. The SMILES string of the molecule is COc1ccc2nc(CF)n(-c3cnc(NCc4ccncc4C)cn3)c2c1. The second-order valence-electron chi connectivity index (χ2n) is 6.27. The van der Waals surface area contributed by atoms with E-state index >= 15 is 0 Å². The number of halogens is 1. The van der Waals surface area contributed by atoms with E-state index in [1.54, 1.807) is 42.4 Å². The molecule has 0 fully saturated rings. The Hall–Kier alpha value is -3.55. The fourth-order valence-corrected chi connectivity index (χ4v) is 2.99. The number of ether oxygens (including phenoxy) is 1. The smallest absolute Gasteiger partial charge is 0.157 e. The standard InChI is InChI=1S/C20H19FN6O/c1-13-9-22-6-5-14(13)10-23-18-11-25-20(12-24-18)27-17-7-15(28-2)3-4-16(17)26-19(27)8-21/h3-7,9,11-12H,8,10H2,1-2H3,(H,23,24). The quantitative estimate of drug-likeness (QED) is 0.552. The van der Waals surface area contributed by atoms with Crippen molar-refractivity contribution in [2.45, 2.75) is 20.1 Å². The minimum absolute atomic E-state index is 0.269. The van der Waals surface area contributed by atoms with Crippen LogP contribution < -0.4 is 10.1 Å². The Bertz CT molecular complexity index is 1110. The molecule has 4 aromatic rings. The number of hydrogen-bond donors (Lipinski definition) is 1. The van der Waals surface area contributed by atoms with Crippen LogP contribution in [0.3, 0.4) is 0 Å². The van der Waals surface area contributed by atoms with E-state index in [9.17, 15) is 4.39 Å². The third kappa shape index (κ3) is 3.36. The van der Waals surface area contributed by atoms with E-state index in [4.69, 9.17) is 4.74 Å². The number of alkyl halides is 1. The fourth-order valence-electron chi connectivity index (χ4n) is 2.99. The molecule has 142 valence electrons. The zero-order valence-electron chi connectivity index (χ0n) is 15.6. The summed E-state index contributed by atoms with van der Waals surface area (Å²) >= 11 is 0. The number of aryl methyl sites for hydroxylation is 1. The maximum absolute atomic E-state index is 13.5. The molecule has 0 unspecified atom stereocenters. The number of nitrogens with zero attached hydrogens (tertiary/aromatic N) is 5. The van der Waals surface area contributed by atoms with Gasteiger partial charge in [-0.1, -0.05) is 0 Å². The van der Waals surface area contributed by atoms with Crippen LogP contribution in [0.2, 0.25) is 0 Å². The van der Waals surface area contributed by atoms with Crippen LogP contribution in [0.15, 0.2) is 49.1 Å². The highest BCUT2D eigenvalue weighted by Crippen LogP contribution is 2.25. The van der Waals surface area contributed by atoms with Crippen LogP contribution in [0.4, 0.5) is 10.2 Å². The minimum atomic E-state index is -0.708. The van der Waals surface area contributed by atoms with Crippen molar-refractivity contribution in [3.8, 4) is 11.6 Å². The molecule has 0 saturated carbocycles. The van der Waals surface area contributed by atoms with E-state index in [1.807, 2.05) is 25.3 Å². The van der Waals surface area contributed by atoms with Crippen molar-refractivity contribution in [3.63, 3.8) is 0 Å². The number of benzene rings is 1.